The van der Waals surface area contributed by atoms with Crippen molar-refractivity contribution in [3.05, 3.63) is 105 Å². The number of rotatable bonds is 6. The highest BCUT2D eigenvalue weighted by atomic mass is 16.6. The Morgan fingerprint density at radius 2 is 2.06 bits per heavy atom. The van der Waals surface area contributed by atoms with Crippen molar-refractivity contribution in [2.45, 2.75) is 19.5 Å². The number of aromatic nitrogens is 1. The van der Waals surface area contributed by atoms with Gasteiger partial charge in [-0.05, 0) is 36.2 Å². The van der Waals surface area contributed by atoms with Crippen LogP contribution in [0.3, 0.4) is 0 Å². The van der Waals surface area contributed by atoms with Crippen molar-refractivity contribution in [1.29, 1.82) is 0 Å². The first kappa shape index (κ1) is 20.0. The second-order valence-electron chi connectivity index (χ2n) is 7.05. The lowest BCUT2D eigenvalue weighted by Crippen LogP contribution is -2.30. The number of non-ortho nitro benzene ring substituents is 1. The molecule has 1 N–H and O–H groups in total. The molecule has 2 aromatic heterocycles. The Hall–Kier alpha value is -4.27. The quantitative estimate of drug-likeness (QED) is 0.367. The van der Waals surface area contributed by atoms with Gasteiger partial charge in [0.25, 0.3) is 11.6 Å². The summed E-state index contributed by atoms with van der Waals surface area (Å²) in [5.74, 6) is -1.67. The maximum absolute atomic E-state index is 13.2. The molecule has 156 valence electrons. The molecule has 1 amide bonds. The van der Waals surface area contributed by atoms with Crippen LogP contribution in [0.5, 0.6) is 0 Å². The van der Waals surface area contributed by atoms with Crippen LogP contribution in [0.1, 0.15) is 33.5 Å². The molecule has 1 aromatic carbocycles. The van der Waals surface area contributed by atoms with Crippen LogP contribution >= 0.6 is 0 Å². The maximum atomic E-state index is 13.2. The number of nitro groups is 1. The zero-order chi connectivity index (χ0) is 22.1. The van der Waals surface area contributed by atoms with Crippen LogP contribution in [0.2, 0.25) is 0 Å². The van der Waals surface area contributed by atoms with E-state index in [1.165, 1.54) is 29.2 Å². The summed E-state index contributed by atoms with van der Waals surface area (Å²) in [4.78, 5) is 42.2. The molecule has 0 aliphatic carbocycles. The molecule has 31 heavy (non-hydrogen) atoms. The number of carbonyl (C=O) groups excluding carboxylic acids is 2. The Bertz CT molecular complexity index is 1210. The van der Waals surface area contributed by atoms with Crippen LogP contribution in [-0.2, 0) is 11.3 Å². The van der Waals surface area contributed by atoms with E-state index in [-0.39, 0.29) is 23.6 Å². The van der Waals surface area contributed by atoms with Crippen molar-refractivity contribution >= 4 is 17.4 Å². The number of pyridine rings is 1. The highest BCUT2D eigenvalue weighted by molar-refractivity contribution is 6.15. The van der Waals surface area contributed by atoms with E-state index in [1.807, 2.05) is 0 Å². The van der Waals surface area contributed by atoms with Crippen LogP contribution in [-0.4, -0.2) is 31.6 Å². The summed E-state index contributed by atoms with van der Waals surface area (Å²) in [5, 5.41) is 21.9. The Kier molecular flexibility index (Phi) is 5.08. The minimum Gasteiger partial charge on any atom is -0.503 e. The summed E-state index contributed by atoms with van der Waals surface area (Å²) in [6.07, 6.45) is 3.14. The van der Waals surface area contributed by atoms with Gasteiger partial charge in [-0.1, -0.05) is 18.2 Å². The maximum Gasteiger partial charge on any atom is 0.290 e. The molecule has 0 spiro atoms. The normalized spacial score (nSPS) is 16.1. The topological polar surface area (TPSA) is 127 Å². The Balaban J connectivity index is 1.83. The van der Waals surface area contributed by atoms with Crippen LogP contribution in [0, 0.1) is 17.0 Å². The van der Waals surface area contributed by atoms with Gasteiger partial charge < -0.3 is 14.4 Å². The molecule has 0 unspecified atom stereocenters. The van der Waals surface area contributed by atoms with Gasteiger partial charge in [0.1, 0.15) is 5.76 Å². The molecule has 1 aliphatic heterocycles. The van der Waals surface area contributed by atoms with Gasteiger partial charge in [0.05, 0.1) is 16.5 Å². The SMILES string of the molecule is Cc1ccc(C(=O)C2=C(O)C(=O)N(Cc3cccnc3)[C@@H]2c2cccc([N+](=O)[O-])c2)o1. The van der Waals surface area contributed by atoms with E-state index in [2.05, 4.69) is 4.98 Å². The summed E-state index contributed by atoms with van der Waals surface area (Å²) in [6.45, 7) is 1.70. The number of aryl methyl sites for hydroxylation is 1. The fourth-order valence-electron chi connectivity index (χ4n) is 3.58. The van der Waals surface area contributed by atoms with E-state index in [1.54, 1.807) is 43.6 Å². The van der Waals surface area contributed by atoms with Gasteiger partial charge in [-0.15, -0.1) is 0 Å². The zero-order valence-electron chi connectivity index (χ0n) is 16.4. The van der Waals surface area contributed by atoms with Gasteiger partial charge in [-0.2, -0.15) is 0 Å². The fraction of sp³-hybridized carbons (Fsp3) is 0.136. The monoisotopic (exact) mass is 419 g/mol. The van der Waals surface area contributed by atoms with Crippen molar-refractivity contribution in [3.63, 3.8) is 0 Å². The van der Waals surface area contributed by atoms with Crippen molar-refractivity contribution < 1.29 is 24.0 Å². The third kappa shape index (κ3) is 3.68. The molecule has 3 heterocycles. The fourth-order valence-corrected chi connectivity index (χ4v) is 3.58. The van der Waals surface area contributed by atoms with Crippen LogP contribution in [0.25, 0.3) is 0 Å². The Labute approximate surface area is 176 Å². The molecule has 0 bridgehead atoms. The summed E-state index contributed by atoms with van der Waals surface area (Å²) in [7, 11) is 0. The van der Waals surface area contributed by atoms with Crippen molar-refractivity contribution in [3.8, 4) is 0 Å². The summed E-state index contributed by atoms with van der Waals surface area (Å²) < 4.78 is 5.40. The predicted molar refractivity (Wildman–Crippen MR) is 108 cm³/mol. The molecular weight excluding hydrogens is 402 g/mol. The first-order valence-electron chi connectivity index (χ1n) is 9.35. The predicted octanol–water partition coefficient (Wildman–Crippen LogP) is 3.67. The largest absolute Gasteiger partial charge is 0.503 e. The van der Waals surface area contributed by atoms with Crippen molar-refractivity contribution in [2.24, 2.45) is 0 Å². The molecule has 0 saturated heterocycles. The number of furan rings is 1. The highest BCUT2D eigenvalue weighted by Gasteiger charge is 2.44. The molecule has 1 aliphatic rings. The van der Waals surface area contributed by atoms with Crippen molar-refractivity contribution in [1.82, 2.24) is 9.88 Å². The van der Waals surface area contributed by atoms with E-state index in [4.69, 9.17) is 4.42 Å². The number of ketones is 1. The van der Waals surface area contributed by atoms with Crippen LogP contribution < -0.4 is 0 Å². The Morgan fingerprint density at radius 3 is 2.71 bits per heavy atom. The summed E-state index contributed by atoms with van der Waals surface area (Å²) in [5.41, 5.74) is 0.603. The third-order valence-electron chi connectivity index (χ3n) is 4.98. The molecule has 9 nitrogen and oxygen atoms in total. The lowest BCUT2D eigenvalue weighted by Gasteiger charge is -2.26. The third-order valence-corrected chi connectivity index (χ3v) is 4.98. The van der Waals surface area contributed by atoms with Gasteiger partial charge in [-0.25, -0.2) is 0 Å². The van der Waals surface area contributed by atoms with Gasteiger partial charge in [0, 0.05) is 31.1 Å². The first-order chi connectivity index (χ1) is 14.9. The summed E-state index contributed by atoms with van der Waals surface area (Å²) in [6, 6.07) is 11.1. The van der Waals surface area contributed by atoms with Gasteiger partial charge in [-0.3, -0.25) is 24.7 Å². The smallest absolute Gasteiger partial charge is 0.290 e. The van der Waals surface area contributed by atoms with E-state index < -0.39 is 28.4 Å². The lowest BCUT2D eigenvalue weighted by atomic mass is 9.94. The number of benzene rings is 1. The number of aliphatic hydroxyl groups is 1. The average Bonchev–Trinajstić information content (AvgIpc) is 3.31. The summed E-state index contributed by atoms with van der Waals surface area (Å²) >= 11 is 0. The van der Waals surface area contributed by atoms with E-state index in [9.17, 15) is 24.8 Å². The molecular formula is C22H17N3O6. The number of Topliss-reactive ketones (excluding diaryl/α,β-unsaturated/α-hetero) is 1. The van der Waals surface area contributed by atoms with Crippen molar-refractivity contribution in [2.75, 3.05) is 0 Å². The molecule has 3 aromatic rings. The van der Waals surface area contributed by atoms with E-state index in [0.717, 1.165) is 0 Å². The van der Waals surface area contributed by atoms with Gasteiger partial charge >= 0.3 is 0 Å². The van der Waals surface area contributed by atoms with Gasteiger partial charge in [0.15, 0.2) is 11.5 Å². The second-order valence-corrected chi connectivity index (χ2v) is 7.05. The second kappa shape index (κ2) is 7.86. The Morgan fingerprint density at radius 1 is 1.26 bits per heavy atom. The molecule has 0 fully saturated rings. The van der Waals surface area contributed by atoms with Crippen LogP contribution in [0.15, 0.2) is 76.7 Å². The standard InChI is InChI=1S/C22H17N3O6/c1-13-7-8-17(31-13)20(26)18-19(15-5-2-6-16(10-15)25(29)30)24(22(28)21(18)27)12-14-4-3-9-23-11-14/h2-11,19,27H,12H2,1H3/t19-/m1/s1. The zero-order valence-corrected chi connectivity index (χ0v) is 16.4. The lowest BCUT2D eigenvalue weighted by molar-refractivity contribution is -0.384. The molecule has 0 saturated carbocycles. The highest BCUT2D eigenvalue weighted by Crippen LogP contribution is 2.40. The first-order valence-corrected chi connectivity index (χ1v) is 9.35. The number of nitro benzene ring substituents is 1. The van der Waals surface area contributed by atoms with Gasteiger partial charge in [0.2, 0.25) is 5.78 Å². The van der Waals surface area contributed by atoms with Crippen LogP contribution in [0.4, 0.5) is 5.69 Å². The average molecular weight is 419 g/mol. The number of hydrogen-bond donors (Lipinski definition) is 1. The number of aliphatic hydroxyl groups excluding tert-OH is 1. The number of carbonyl (C=O) groups is 2. The number of amides is 1. The number of nitrogens with zero attached hydrogens (tertiary/aromatic N) is 3. The molecule has 0 radical (unpaired) electrons. The van der Waals surface area contributed by atoms with E-state index in [0.29, 0.717) is 16.9 Å². The van der Waals surface area contributed by atoms with E-state index >= 15 is 0 Å². The number of hydrogen-bond acceptors (Lipinski definition) is 7. The molecule has 4 rings (SSSR count). The molecule has 9 heteroatoms. The molecule has 1 atom stereocenters. The minimum atomic E-state index is -1.04. The minimum absolute atomic E-state index is 0.0366.